The van der Waals surface area contributed by atoms with Gasteiger partial charge in [-0.1, -0.05) is 30.3 Å². The summed E-state index contributed by atoms with van der Waals surface area (Å²) in [5.41, 5.74) is 6.19. The molecule has 0 atom stereocenters. The van der Waals surface area contributed by atoms with Crippen LogP contribution in [0.25, 0.3) is 10.9 Å². The van der Waals surface area contributed by atoms with Gasteiger partial charge in [0.1, 0.15) is 6.61 Å². The molecular formula is C22H23N5O2. The Labute approximate surface area is 168 Å². The average molecular weight is 389 g/mol. The van der Waals surface area contributed by atoms with Crippen molar-refractivity contribution in [3.05, 3.63) is 65.4 Å². The number of aromatic nitrogens is 2. The van der Waals surface area contributed by atoms with E-state index in [0.717, 1.165) is 46.3 Å². The van der Waals surface area contributed by atoms with E-state index in [1.807, 2.05) is 50.4 Å². The van der Waals surface area contributed by atoms with Crippen LogP contribution in [-0.2, 0) is 17.8 Å². The lowest BCUT2D eigenvalue weighted by atomic mass is 10.00. The molecule has 2 N–H and O–H groups in total. The van der Waals surface area contributed by atoms with Crippen LogP contribution in [0.2, 0.25) is 0 Å². The van der Waals surface area contributed by atoms with Crippen LogP contribution in [0, 0.1) is 0 Å². The molecule has 1 aliphatic heterocycles. The van der Waals surface area contributed by atoms with Gasteiger partial charge in [0.2, 0.25) is 0 Å². The van der Waals surface area contributed by atoms with E-state index in [1.165, 1.54) is 5.56 Å². The Hall–Kier alpha value is -3.48. The highest BCUT2D eigenvalue weighted by molar-refractivity contribution is 6.15. The quantitative estimate of drug-likeness (QED) is 0.668. The van der Waals surface area contributed by atoms with Gasteiger partial charge in [0.15, 0.2) is 0 Å². The summed E-state index contributed by atoms with van der Waals surface area (Å²) in [6, 6.07) is 14.2. The lowest BCUT2D eigenvalue weighted by Crippen LogP contribution is -2.30. The number of nitrogens with zero attached hydrogens (tertiary/aromatic N) is 3. The van der Waals surface area contributed by atoms with E-state index >= 15 is 0 Å². The van der Waals surface area contributed by atoms with Crippen LogP contribution in [0.3, 0.4) is 0 Å². The van der Waals surface area contributed by atoms with E-state index in [9.17, 15) is 4.79 Å². The maximum Gasteiger partial charge on any atom is 0.407 e. The number of hydrogen-bond donors (Lipinski definition) is 2. The molecule has 4 rings (SSSR count). The SMILES string of the molecule is CC(C)NC(=O)OCc1ccc(C2=NN=C(Cc3ccc4[nH]ncc4c3)C2)cc1. The summed E-state index contributed by atoms with van der Waals surface area (Å²) in [5, 5.41) is 19.6. The number of benzene rings is 2. The Bertz CT molecular complexity index is 1080. The largest absolute Gasteiger partial charge is 0.445 e. The highest BCUT2D eigenvalue weighted by atomic mass is 16.5. The van der Waals surface area contributed by atoms with Crippen LogP contribution < -0.4 is 5.32 Å². The van der Waals surface area contributed by atoms with Gasteiger partial charge in [-0.25, -0.2) is 4.79 Å². The molecule has 0 bridgehead atoms. The summed E-state index contributed by atoms with van der Waals surface area (Å²) in [4.78, 5) is 11.6. The highest BCUT2D eigenvalue weighted by Crippen LogP contribution is 2.18. The number of rotatable bonds is 6. The van der Waals surface area contributed by atoms with E-state index in [2.05, 4.69) is 37.8 Å². The van der Waals surface area contributed by atoms with E-state index < -0.39 is 6.09 Å². The molecule has 0 aliphatic carbocycles. The maximum atomic E-state index is 11.6. The molecular weight excluding hydrogens is 366 g/mol. The van der Waals surface area contributed by atoms with Gasteiger partial charge in [-0.15, -0.1) is 0 Å². The molecule has 7 heteroatoms. The molecule has 0 fully saturated rings. The predicted octanol–water partition coefficient (Wildman–Crippen LogP) is 3.99. The number of fused-ring (bicyclic) bond motifs is 1. The monoisotopic (exact) mass is 389 g/mol. The molecule has 0 spiro atoms. The van der Waals surface area contributed by atoms with Crippen molar-refractivity contribution in [3.63, 3.8) is 0 Å². The summed E-state index contributed by atoms with van der Waals surface area (Å²) >= 11 is 0. The first-order valence-electron chi connectivity index (χ1n) is 9.64. The van der Waals surface area contributed by atoms with Gasteiger partial charge in [-0.2, -0.15) is 15.3 Å². The lowest BCUT2D eigenvalue weighted by molar-refractivity contribution is 0.137. The second-order valence-electron chi connectivity index (χ2n) is 7.43. The predicted molar refractivity (Wildman–Crippen MR) is 113 cm³/mol. The van der Waals surface area contributed by atoms with Crippen molar-refractivity contribution in [1.29, 1.82) is 0 Å². The first kappa shape index (κ1) is 18.9. The van der Waals surface area contributed by atoms with Gasteiger partial charge >= 0.3 is 6.09 Å². The minimum absolute atomic E-state index is 0.0565. The third-order valence-electron chi connectivity index (χ3n) is 4.66. The van der Waals surface area contributed by atoms with Crippen LogP contribution in [-0.4, -0.2) is 33.8 Å². The number of ether oxygens (including phenoxy) is 1. The number of alkyl carbamates (subject to hydrolysis) is 1. The summed E-state index contributed by atoms with van der Waals surface area (Å²) in [5.74, 6) is 0. The number of nitrogens with one attached hydrogen (secondary N) is 2. The van der Waals surface area contributed by atoms with Crippen molar-refractivity contribution in [2.45, 2.75) is 39.3 Å². The van der Waals surface area contributed by atoms with Crippen molar-refractivity contribution in [2.75, 3.05) is 0 Å². The van der Waals surface area contributed by atoms with Gasteiger partial charge in [0.25, 0.3) is 0 Å². The van der Waals surface area contributed by atoms with Crippen LogP contribution >= 0.6 is 0 Å². The third-order valence-corrected chi connectivity index (χ3v) is 4.66. The highest BCUT2D eigenvalue weighted by Gasteiger charge is 2.15. The molecule has 2 aromatic carbocycles. The molecule has 1 aromatic heterocycles. The Morgan fingerprint density at radius 2 is 1.93 bits per heavy atom. The minimum atomic E-state index is -0.407. The fourth-order valence-electron chi connectivity index (χ4n) is 3.21. The standard InChI is InChI=1S/C22H23N5O2/c1-14(2)24-22(28)29-13-15-3-6-17(7-4-15)21-11-19(25-27-21)10-16-5-8-20-18(9-16)12-23-26-20/h3-9,12,14H,10-11,13H2,1-2H3,(H,23,26)(H,24,28). The number of H-pyrrole nitrogens is 1. The number of amides is 1. The molecule has 0 saturated carbocycles. The number of hydrogen-bond acceptors (Lipinski definition) is 5. The number of carbonyl (C=O) groups is 1. The number of aromatic amines is 1. The summed E-state index contributed by atoms with van der Waals surface area (Å²) < 4.78 is 5.20. The fraction of sp³-hybridized carbons (Fsp3) is 0.273. The fourth-order valence-corrected chi connectivity index (χ4v) is 3.21. The second kappa shape index (κ2) is 8.26. The van der Waals surface area contributed by atoms with Crippen molar-refractivity contribution < 1.29 is 9.53 Å². The maximum absolute atomic E-state index is 11.6. The van der Waals surface area contributed by atoms with Crippen LogP contribution in [0.5, 0.6) is 0 Å². The van der Waals surface area contributed by atoms with Crippen LogP contribution in [0.4, 0.5) is 4.79 Å². The van der Waals surface area contributed by atoms with Crippen LogP contribution in [0.1, 0.15) is 37.0 Å². The molecule has 0 radical (unpaired) electrons. The van der Waals surface area contributed by atoms with Crippen LogP contribution in [0.15, 0.2) is 58.9 Å². The number of carbonyl (C=O) groups excluding carboxylic acids is 1. The van der Waals surface area contributed by atoms with Gasteiger partial charge in [0, 0.05) is 24.3 Å². The second-order valence-corrected chi connectivity index (χ2v) is 7.43. The zero-order chi connectivity index (χ0) is 20.2. The molecule has 7 nitrogen and oxygen atoms in total. The van der Waals surface area contributed by atoms with Crippen molar-refractivity contribution >= 4 is 28.4 Å². The molecule has 1 aliphatic rings. The minimum Gasteiger partial charge on any atom is -0.445 e. The average Bonchev–Trinajstić information content (AvgIpc) is 3.35. The first-order chi connectivity index (χ1) is 14.1. The van der Waals surface area contributed by atoms with Crippen molar-refractivity contribution in [2.24, 2.45) is 10.2 Å². The summed E-state index contributed by atoms with van der Waals surface area (Å²) in [6.07, 6.45) is 2.92. The van der Waals surface area contributed by atoms with Crippen molar-refractivity contribution in [1.82, 2.24) is 15.5 Å². The summed E-state index contributed by atoms with van der Waals surface area (Å²) in [6.45, 7) is 4.03. The molecule has 3 aromatic rings. The van der Waals surface area contributed by atoms with E-state index in [4.69, 9.17) is 4.74 Å². The van der Waals surface area contributed by atoms with E-state index in [0.29, 0.717) is 0 Å². The zero-order valence-electron chi connectivity index (χ0n) is 16.5. The van der Waals surface area contributed by atoms with Gasteiger partial charge < -0.3 is 10.1 Å². The smallest absolute Gasteiger partial charge is 0.407 e. The Morgan fingerprint density at radius 3 is 2.72 bits per heavy atom. The zero-order valence-corrected chi connectivity index (χ0v) is 16.5. The van der Waals surface area contributed by atoms with Gasteiger partial charge in [0.05, 0.1) is 23.1 Å². The third kappa shape index (κ3) is 4.68. The summed E-state index contributed by atoms with van der Waals surface area (Å²) in [7, 11) is 0. The molecule has 1 amide bonds. The molecule has 2 heterocycles. The Kier molecular flexibility index (Phi) is 5.37. The van der Waals surface area contributed by atoms with Crippen molar-refractivity contribution in [3.8, 4) is 0 Å². The first-order valence-corrected chi connectivity index (χ1v) is 9.64. The van der Waals surface area contributed by atoms with E-state index in [1.54, 1.807) is 0 Å². The molecule has 0 unspecified atom stereocenters. The normalized spacial score (nSPS) is 13.5. The molecule has 29 heavy (non-hydrogen) atoms. The lowest BCUT2D eigenvalue weighted by Gasteiger charge is -2.09. The topological polar surface area (TPSA) is 91.7 Å². The van der Waals surface area contributed by atoms with Gasteiger partial charge in [-0.3, -0.25) is 5.10 Å². The Balaban J connectivity index is 1.31. The van der Waals surface area contributed by atoms with Gasteiger partial charge in [-0.05, 0) is 42.7 Å². The molecule has 0 saturated heterocycles. The Morgan fingerprint density at radius 1 is 1.14 bits per heavy atom. The molecule has 148 valence electrons. The van der Waals surface area contributed by atoms with E-state index in [-0.39, 0.29) is 12.6 Å².